The zero-order valence-corrected chi connectivity index (χ0v) is 11.7. The van der Waals surface area contributed by atoms with Crippen molar-refractivity contribution in [3.05, 3.63) is 77.0 Å². The maximum Gasteiger partial charge on any atom is 0.336 e. The molecule has 21 heavy (non-hydrogen) atoms. The number of fused-ring (bicyclic) bond motifs is 1. The third kappa shape index (κ3) is 2.50. The van der Waals surface area contributed by atoms with Crippen molar-refractivity contribution in [3.63, 3.8) is 0 Å². The van der Waals surface area contributed by atoms with E-state index < -0.39 is 5.97 Å². The summed E-state index contributed by atoms with van der Waals surface area (Å²) in [6.45, 7) is 1.83. The van der Waals surface area contributed by atoms with E-state index in [0.29, 0.717) is 17.4 Å². The van der Waals surface area contributed by atoms with Crippen molar-refractivity contribution >= 4 is 16.9 Å². The van der Waals surface area contributed by atoms with Gasteiger partial charge in [-0.05, 0) is 24.1 Å². The molecule has 1 N–H and O–H groups in total. The predicted octanol–water partition coefficient (Wildman–Crippen LogP) is 3.83. The van der Waals surface area contributed by atoms with Gasteiger partial charge in [0, 0.05) is 17.5 Å². The molecule has 3 heteroatoms. The predicted molar refractivity (Wildman–Crippen MR) is 82.7 cm³/mol. The van der Waals surface area contributed by atoms with E-state index in [2.05, 4.69) is 4.98 Å². The maximum absolute atomic E-state index is 11.6. The highest BCUT2D eigenvalue weighted by molar-refractivity contribution is 6.04. The molecule has 104 valence electrons. The van der Waals surface area contributed by atoms with E-state index in [9.17, 15) is 9.90 Å². The number of rotatable bonds is 3. The van der Waals surface area contributed by atoms with E-state index in [-0.39, 0.29) is 0 Å². The summed E-state index contributed by atoms with van der Waals surface area (Å²) in [5.74, 6) is -0.902. The zero-order valence-electron chi connectivity index (χ0n) is 11.7. The first-order valence-corrected chi connectivity index (χ1v) is 6.82. The Morgan fingerprint density at radius 3 is 2.43 bits per heavy atom. The molecular weight excluding hydrogens is 262 g/mol. The van der Waals surface area contributed by atoms with Crippen molar-refractivity contribution in [3.8, 4) is 0 Å². The quantitative estimate of drug-likeness (QED) is 0.791. The molecule has 0 aliphatic heterocycles. The fourth-order valence-electron chi connectivity index (χ4n) is 2.60. The lowest BCUT2D eigenvalue weighted by Crippen LogP contribution is -2.07. The van der Waals surface area contributed by atoms with Crippen LogP contribution < -0.4 is 0 Å². The van der Waals surface area contributed by atoms with Crippen molar-refractivity contribution in [1.29, 1.82) is 0 Å². The van der Waals surface area contributed by atoms with Crippen LogP contribution in [0.4, 0.5) is 0 Å². The molecular formula is C18H15NO2. The standard InChI is InChI=1S/C18H15NO2/c1-12-16(11-13-7-3-2-4-8-13)19-15-10-6-5-9-14(15)17(12)18(20)21/h2-10H,11H2,1H3,(H,20,21). The Bertz CT molecular complexity index is 810. The molecule has 1 aromatic heterocycles. The van der Waals surface area contributed by atoms with Crippen LogP contribution in [0.2, 0.25) is 0 Å². The molecule has 2 aromatic carbocycles. The van der Waals surface area contributed by atoms with Gasteiger partial charge in [0.15, 0.2) is 0 Å². The van der Waals surface area contributed by atoms with Gasteiger partial charge in [0.2, 0.25) is 0 Å². The Hall–Kier alpha value is -2.68. The minimum Gasteiger partial charge on any atom is -0.478 e. The maximum atomic E-state index is 11.6. The topological polar surface area (TPSA) is 50.2 Å². The Morgan fingerprint density at radius 2 is 1.71 bits per heavy atom. The van der Waals surface area contributed by atoms with Gasteiger partial charge in [-0.3, -0.25) is 4.98 Å². The Kier molecular flexibility index (Phi) is 3.40. The summed E-state index contributed by atoms with van der Waals surface area (Å²) < 4.78 is 0. The molecule has 0 saturated heterocycles. The molecule has 0 fully saturated rings. The SMILES string of the molecule is Cc1c(Cc2ccccc2)nc2ccccc2c1C(=O)O. The lowest BCUT2D eigenvalue weighted by Gasteiger charge is -2.11. The highest BCUT2D eigenvalue weighted by Gasteiger charge is 2.16. The number of carbonyl (C=O) groups is 1. The lowest BCUT2D eigenvalue weighted by molar-refractivity contribution is 0.0698. The van der Waals surface area contributed by atoms with Gasteiger partial charge < -0.3 is 5.11 Å². The van der Waals surface area contributed by atoms with Crippen LogP contribution >= 0.6 is 0 Å². The lowest BCUT2D eigenvalue weighted by atomic mass is 9.98. The van der Waals surface area contributed by atoms with Crippen molar-refractivity contribution in [2.45, 2.75) is 13.3 Å². The summed E-state index contributed by atoms with van der Waals surface area (Å²) in [6, 6.07) is 17.4. The van der Waals surface area contributed by atoms with Crippen LogP contribution in [0.25, 0.3) is 10.9 Å². The monoisotopic (exact) mass is 277 g/mol. The molecule has 0 bridgehead atoms. The molecule has 3 aromatic rings. The third-order valence-electron chi connectivity index (χ3n) is 3.66. The Balaban J connectivity index is 2.19. The molecule has 0 amide bonds. The number of carboxylic acids is 1. The second kappa shape index (κ2) is 5.37. The summed E-state index contributed by atoms with van der Waals surface area (Å²) in [4.78, 5) is 16.3. The molecule has 0 radical (unpaired) electrons. The molecule has 0 aliphatic carbocycles. The van der Waals surface area contributed by atoms with Crippen LogP contribution in [0.15, 0.2) is 54.6 Å². The first kappa shape index (κ1) is 13.3. The minimum absolute atomic E-state index is 0.353. The fraction of sp³-hybridized carbons (Fsp3) is 0.111. The summed E-state index contributed by atoms with van der Waals surface area (Å²) in [6.07, 6.45) is 0.637. The van der Waals surface area contributed by atoms with Gasteiger partial charge in [-0.1, -0.05) is 48.5 Å². The first-order chi connectivity index (χ1) is 10.2. The first-order valence-electron chi connectivity index (χ1n) is 6.82. The van der Waals surface area contributed by atoms with E-state index in [4.69, 9.17) is 0 Å². The number of aromatic carboxylic acids is 1. The van der Waals surface area contributed by atoms with Gasteiger partial charge in [0.25, 0.3) is 0 Å². The van der Waals surface area contributed by atoms with E-state index in [1.807, 2.05) is 61.5 Å². The molecule has 0 atom stereocenters. The summed E-state index contributed by atoms with van der Waals surface area (Å²) >= 11 is 0. The van der Waals surface area contributed by atoms with E-state index in [1.165, 1.54) is 0 Å². The Labute approximate surface area is 122 Å². The van der Waals surface area contributed by atoms with Gasteiger partial charge in [0.05, 0.1) is 11.1 Å². The summed E-state index contributed by atoms with van der Waals surface area (Å²) in [5.41, 5.74) is 3.76. The second-order valence-corrected chi connectivity index (χ2v) is 5.04. The van der Waals surface area contributed by atoms with Gasteiger partial charge in [-0.15, -0.1) is 0 Å². The largest absolute Gasteiger partial charge is 0.478 e. The molecule has 3 rings (SSSR count). The summed E-state index contributed by atoms with van der Waals surface area (Å²) in [5, 5.41) is 10.2. The zero-order chi connectivity index (χ0) is 14.8. The average molecular weight is 277 g/mol. The summed E-state index contributed by atoms with van der Waals surface area (Å²) in [7, 11) is 0. The van der Waals surface area contributed by atoms with Crippen molar-refractivity contribution in [1.82, 2.24) is 4.98 Å². The number of para-hydroxylation sites is 1. The fourth-order valence-corrected chi connectivity index (χ4v) is 2.60. The molecule has 0 unspecified atom stereocenters. The normalized spacial score (nSPS) is 10.7. The smallest absolute Gasteiger partial charge is 0.336 e. The molecule has 1 heterocycles. The van der Waals surface area contributed by atoms with Crippen LogP contribution in [0.5, 0.6) is 0 Å². The third-order valence-corrected chi connectivity index (χ3v) is 3.66. The van der Waals surface area contributed by atoms with Crippen LogP contribution in [0.3, 0.4) is 0 Å². The van der Waals surface area contributed by atoms with Crippen LogP contribution in [0.1, 0.15) is 27.2 Å². The molecule has 0 aliphatic rings. The number of nitrogens with zero attached hydrogens (tertiary/aromatic N) is 1. The minimum atomic E-state index is -0.902. The second-order valence-electron chi connectivity index (χ2n) is 5.04. The molecule has 3 nitrogen and oxygen atoms in total. The van der Waals surface area contributed by atoms with E-state index in [1.54, 1.807) is 0 Å². The van der Waals surface area contributed by atoms with Crippen LogP contribution in [-0.2, 0) is 6.42 Å². The van der Waals surface area contributed by atoms with Crippen molar-refractivity contribution in [2.24, 2.45) is 0 Å². The van der Waals surface area contributed by atoms with Gasteiger partial charge in [-0.2, -0.15) is 0 Å². The number of hydrogen-bond acceptors (Lipinski definition) is 2. The Morgan fingerprint density at radius 1 is 1.05 bits per heavy atom. The molecule has 0 saturated carbocycles. The number of pyridine rings is 1. The molecule has 0 spiro atoms. The number of aromatic nitrogens is 1. The number of benzene rings is 2. The average Bonchev–Trinajstić information content (AvgIpc) is 2.49. The van der Waals surface area contributed by atoms with E-state index >= 15 is 0 Å². The van der Waals surface area contributed by atoms with E-state index in [0.717, 1.165) is 22.3 Å². The van der Waals surface area contributed by atoms with Crippen molar-refractivity contribution < 1.29 is 9.90 Å². The van der Waals surface area contributed by atoms with Gasteiger partial charge >= 0.3 is 5.97 Å². The number of carboxylic acid groups (broad SMARTS) is 1. The highest BCUT2D eigenvalue weighted by Crippen LogP contribution is 2.24. The van der Waals surface area contributed by atoms with Crippen LogP contribution in [-0.4, -0.2) is 16.1 Å². The number of hydrogen-bond donors (Lipinski definition) is 1. The highest BCUT2D eigenvalue weighted by atomic mass is 16.4. The van der Waals surface area contributed by atoms with Crippen molar-refractivity contribution in [2.75, 3.05) is 0 Å². The van der Waals surface area contributed by atoms with Crippen LogP contribution in [0, 0.1) is 6.92 Å². The van der Waals surface area contributed by atoms with Gasteiger partial charge in [-0.25, -0.2) is 4.79 Å². The van der Waals surface area contributed by atoms with Gasteiger partial charge in [0.1, 0.15) is 0 Å².